The summed E-state index contributed by atoms with van der Waals surface area (Å²) in [4.78, 5) is 38.0. The quantitative estimate of drug-likeness (QED) is 0.116. The van der Waals surface area contributed by atoms with Crippen LogP contribution in [-0.4, -0.2) is 44.9 Å². The number of aromatic nitrogens is 3. The van der Waals surface area contributed by atoms with Gasteiger partial charge in [0.15, 0.2) is 10.9 Å². The summed E-state index contributed by atoms with van der Waals surface area (Å²) in [5.74, 6) is -0.689. The second-order valence-corrected chi connectivity index (χ2v) is 10.6. The van der Waals surface area contributed by atoms with Crippen LogP contribution in [0, 0.1) is 13.8 Å². The molecule has 206 valence electrons. The minimum absolute atomic E-state index is 0.0595. The number of ketones is 1. The van der Waals surface area contributed by atoms with Gasteiger partial charge in [0.25, 0.3) is 5.78 Å². The highest BCUT2D eigenvalue weighted by Gasteiger charge is 2.48. The Morgan fingerprint density at radius 2 is 1.85 bits per heavy atom. The molecular weight excluding hydrogens is 540 g/mol. The molecule has 1 amide bonds. The number of imidazole rings is 1. The molecule has 10 heteroatoms. The third kappa shape index (κ3) is 4.33. The zero-order chi connectivity index (χ0) is 28.8. The average Bonchev–Trinajstić information content (AvgIpc) is 3.63. The van der Waals surface area contributed by atoms with Crippen LogP contribution in [-0.2, 0) is 9.59 Å². The second-order valence-electron chi connectivity index (χ2n) is 9.60. The van der Waals surface area contributed by atoms with Crippen LogP contribution in [0.4, 0.5) is 5.13 Å². The number of amides is 1. The van der Waals surface area contributed by atoms with Gasteiger partial charge in [-0.1, -0.05) is 42.2 Å². The average molecular weight is 567 g/mol. The number of nitrogens with zero attached hydrogens (tertiary/aromatic N) is 4. The zero-order valence-corrected chi connectivity index (χ0v) is 23.4. The van der Waals surface area contributed by atoms with Crippen LogP contribution < -0.4 is 14.4 Å². The van der Waals surface area contributed by atoms with E-state index in [9.17, 15) is 14.7 Å². The first kappa shape index (κ1) is 26.3. The number of aliphatic hydroxyl groups is 1. The first-order valence-corrected chi connectivity index (χ1v) is 13.7. The van der Waals surface area contributed by atoms with Crippen molar-refractivity contribution in [2.45, 2.75) is 19.9 Å². The second kappa shape index (κ2) is 10.2. The molecule has 0 spiro atoms. The number of fused-ring (bicyclic) bond motifs is 2. The van der Waals surface area contributed by atoms with Gasteiger partial charge < -0.3 is 19.0 Å². The number of carbonyl (C=O) groups excluding carboxylic acids is 2. The first-order chi connectivity index (χ1) is 19.8. The minimum atomic E-state index is -0.948. The van der Waals surface area contributed by atoms with Gasteiger partial charge in [-0.2, -0.15) is 0 Å². The molecule has 0 bridgehead atoms. The Morgan fingerprint density at radius 3 is 2.56 bits per heavy atom. The maximum Gasteiger partial charge on any atom is 0.301 e. The third-order valence-electron chi connectivity index (χ3n) is 7.11. The highest BCUT2D eigenvalue weighted by Crippen LogP contribution is 2.45. The van der Waals surface area contributed by atoms with Gasteiger partial charge in [0.05, 0.1) is 34.6 Å². The van der Waals surface area contributed by atoms with Crippen LogP contribution in [0.1, 0.15) is 28.6 Å². The summed E-state index contributed by atoms with van der Waals surface area (Å²) < 4.78 is 13.6. The highest BCUT2D eigenvalue weighted by atomic mass is 32.1. The van der Waals surface area contributed by atoms with Crippen LogP contribution in [0.15, 0.2) is 79.0 Å². The molecular formula is C31H26N4O5S. The summed E-state index contributed by atoms with van der Waals surface area (Å²) in [5, 5.41) is 12.0. The lowest BCUT2D eigenvalue weighted by Crippen LogP contribution is -2.29. The molecule has 0 aliphatic carbocycles. The predicted octanol–water partition coefficient (Wildman–Crippen LogP) is 5.76. The van der Waals surface area contributed by atoms with Gasteiger partial charge in [0.1, 0.15) is 29.4 Å². The summed E-state index contributed by atoms with van der Waals surface area (Å²) in [6, 6.07) is 15.3. The standard InChI is InChI=1S/C31H26N4O5S/c1-5-15-40-20-10-8-19(9-11-20)26-24(27(36)25-18(3)34-14-6-7-17(2)29(34)33-25)28(37)30(38)35(26)31-32-22-13-12-21(39-4)16-23(22)41-31/h5-14,16,26,36H,1,15H2,2-4H3/b27-24+. The topological polar surface area (TPSA) is 106 Å². The number of benzene rings is 2. The number of aliphatic hydroxyl groups excluding tert-OH is 1. The molecule has 0 saturated carbocycles. The molecule has 1 fully saturated rings. The molecule has 1 aliphatic heterocycles. The van der Waals surface area contributed by atoms with Crippen molar-refractivity contribution in [1.82, 2.24) is 14.4 Å². The molecule has 1 atom stereocenters. The van der Waals surface area contributed by atoms with E-state index < -0.39 is 17.7 Å². The summed E-state index contributed by atoms with van der Waals surface area (Å²) in [6.07, 6.45) is 3.48. The Labute approximate surface area is 239 Å². The van der Waals surface area contributed by atoms with Gasteiger partial charge in [0, 0.05) is 6.20 Å². The molecule has 3 aromatic heterocycles. The van der Waals surface area contributed by atoms with E-state index in [0.29, 0.717) is 45.7 Å². The van der Waals surface area contributed by atoms with Crippen LogP contribution in [0.3, 0.4) is 0 Å². The number of anilines is 1. The van der Waals surface area contributed by atoms with Crippen molar-refractivity contribution in [3.05, 3.63) is 102 Å². The van der Waals surface area contributed by atoms with E-state index in [1.807, 2.05) is 42.6 Å². The number of hydrogen-bond acceptors (Lipinski definition) is 8. The fourth-order valence-corrected chi connectivity index (χ4v) is 6.06. The summed E-state index contributed by atoms with van der Waals surface area (Å²) in [5.41, 5.74) is 3.65. The monoisotopic (exact) mass is 566 g/mol. The smallest absolute Gasteiger partial charge is 0.301 e. The summed E-state index contributed by atoms with van der Waals surface area (Å²) in [6.45, 7) is 7.73. The fourth-order valence-electron chi connectivity index (χ4n) is 5.04. The lowest BCUT2D eigenvalue weighted by atomic mass is 9.96. The van der Waals surface area contributed by atoms with Gasteiger partial charge in [-0.15, -0.1) is 0 Å². The molecule has 2 aromatic carbocycles. The maximum absolute atomic E-state index is 13.7. The Kier molecular flexibility index (Phi) is 6.55. The number of ether oxygens (including phenoxy) is 2. The zero-order valence-electron chi connectivity index (χ0n) is 22.6. The van der Waals surface area contributed by atoms with E-state index >= 15 is 0 Å². The lowest BCUT2D eigenvalue weighted by molar-refractivity contribution is -0.132. The number of carbonyl (C=O) groups is 2. The number of hydrogen-bond donors (Lipinski definition) is 1. The summed E-state index contributed by atoms with van der Waals surface area (Å²) >= 11 is 1.26. The number of pyridine rings is 1. The largest absolute Gasteiger partial charge is 0.505 e. The molecule has 5 aromatic rings. The molecule has 4 heterocycles. The van der Waals surface area contributed by atoms with Gasteiger partial charge in [-0.05, 0) is 61.4 Å². The van der Waals surface area contributed by atoms with E-state index in [2.05, 4.69) is 16.5 Å². The third-order valence-corrected chi connectivity index (χ3v) is 8.12. The number of rotatable bonds is 7. The van der Waals surface area contributed by atoms with Crippen molar-refractivity contribution < 1.29 is 24.2 Å². The molecule has 1 N–H and O–H groups in total. The van der Waals surface area contributed by atoms with Crippen molar-refractivity contribution in [1.29, 1.82) is 0 Å². The van der Waals surface area contributed by atoms with Crippen molar-refractivity contribution in [3.8, 4) is 11.5 Å². The number of methoxy groups -OCH3 is 1. The molecule has 0 radical (unpaired) electrons. The molecule has 1 saturated heterocycles. The molecule has 1 unspecified atom stereocenters. The van der Waals surface area contributed by atoms with Gasteiger partial charge in [0.2, 0.25) is 0 Å². The number of aryl methyl sites for hydroxylation is 2. The molecule has 9 nitrogen and oxygen atoms in total. The first-order valence-electron chi connectivity index (χ1n) is 12.9. The van der Waals surface area contributed by atoms with E-state index in [1.54, 1.807) is 49.6 Å². The Morgan fingerprint density at radius 1 is 1.10 bits per heavy atom. The van der Waals surface area contributed by atoms with Crippen LogP contribution in [0.2, 0.25) is 0 Å². The fraction of sp³-hybridized carbons (Fsp3) is 0.161. The Balaban J connectivity index is 1.55. The van der Waals surface area contributed by atoms with Crippen molar-refractivity contribution in [3.63, 3.8) is 0 Å². The van der Waals surface area contributed by atoms with Crippen LogP contribution in [0.5, 0.6) is 11.5 Å². The molecule has 1 aliphatic rings. The molecule has 41 heavy (non-hydrogen) atoms. The van der Waals surface area contributed by atoms with E-state index in [0.717, 1.165) is 10.3 Å². The van der Waals surface area contributed by atoms with Crippen LogP contribution in [0.25, 0.3) is 21.6 Å². The Bertz CT molecular complexity index is 1890. The molecule has 6 rings (SSSR count). The lowest BCUT2D eigenvalue weighted by Gasteiger charge is -2.23. The normalized spacial score (nSPS) is 16.6. The van der Waals surface area contributed by atoms with Crippen molar-refractivity contribution in [2.24, 2.45) is 0 Å². The SMILES string of the molecule is C=CCOc1ccc(C2/C(=C(\O)c3nc4c(C)cccn4c3C)C(=O)C(=O)N2c2nc3ccc(OC)cc3s2)cc1. The highest BCUT2D eigenvalue weighted by molar-refractivity contribution is 7.22. The van der Waals surface area contributed by atoms with E-state index in [-0.39, 0.29) is 17.0 Å². The van der Waals surface area contributed by atoms with Gasteiger partial charge in [-0.3, -0.25) is 14.5 Å². The number of thiazole rings is 1. The Hall–Kier alpha value is -4.96. The summed E-state index contributed by atoms with van der Waals surface area (Å²) in [7, 11) is 1.58. The van der Waals surface area contributed by atoms with Crippen LogP contribution >= 0.6 is 11.3 Å². The maximum atomic E-state index is 13.7. The van der Waals surface area contributed by atoms with E-state index in [1.165, 1.54) is 16.2 Å². The van der Waals surface area contributed by atoms with Gasteiger partial charge in [-0.25, -0.2) is 9.97 Å². The van der Waals surface area contributed by atoms with E-state index in [4.69, 9.17) is 9.47 Å². The van der Waals surface area contributed by atoms with Crippen molar-refractivity contribution in [2.75, 3.05) is 18.6 Å². The van der Waals surface area contributed by atoms with Gasteiger partial charge >= 0.3 is 5.91 Å². The predicted molar refractivity (Wildman–Crippen MR) is 158 cm³/mol. The minimum Gasteiger partial charge on any atom is -0.505 e. The van der Waals surface area contributed by atoms with Crippen molar-refractivity contribution >= 4 is 49.8 Å². The number of Topliss-reactive ketones (excluding diaryl/α,β-unsaturated/α-hetero) is 1.